The Morgan fingerprint density at radius 1 is 1.07 bits per heavy atom. The maximum Gasteiger partial charge on any atom is 0.240 e. The van der Waals surface area contributed by atoms with Crippen molar-refractivity contribution in [2.75, 3.05) is 37.7 Å². The van der Waals surface area contributed by atoms with Crippen LogP contribution >= 0.6 is 0 Å². The monoisotopic (exact) mass is 420 g/mol. The molecule has 1 aliphatic rings. The van der Waals surface area contributed by atoms with E-state index in [-0.39, 0.29) is 18.0 Å². The van der Waals surface area contributed by atoms with E-state index in [0.717, 1.165) is 31.7 Å². The molecule has 2 aromatic rings. The van der Waals surface area contributed by atoms with Gasteiger partial charge in [-0.2, -0.15) is 4.98 Å². The number of nitrogens with zero attached hydrogens (tertiary/aromatic N) is 3. The topological polar surface area (TPSA) is 93.7 Å². The molecule has 0 saturated carbocycles. The van der Waals surface area contributed by atoms with E-state index >= 15 is 0 Å². The second kappa shape index (κ2) is 9.89. The highest BCUT2D eigenvalue weighted by molar-refractivity contribution is 7.89. The van der Waals surface area contributed by atoms with Crippen LogP contribution in [0.25, 0.3) is 0 Å². The fraction of sp³-hybridized carbons (Fsp3) is 0.500. The number of piperidine rings is 1. The number of benzene rings is 1. The Morgan fingerprint density at radius 2 is 1.79 bits per heavy atom. The van der Waals surface area contributed by atoms with Gasteiger partial charge in [-0.1, -0.05) is 0 Å². The average molecular weight is 421 g/mol. The third-order valence-electron chi connectivity index (χ3n) is 4.57. The van der Waals surface area contributed by atoms with E-state index in [1.54, 1.807) is 12.1 Å². The average Bonchev–Trinajstić information content (AvgIpc) is 2.72. The maximum atomic E-state index is 12.4. The first kappa shape index (κ1) is 21.3. The molecule has 1 aromatic carbocycles. The number of anilines is 1. The molecule has 1 aliphatic heterocycles. The minimum absolute atomic E-state index is 0.137. The van der Waals surface area contributed by atoms with Gasteiger partial charge in [0.25, 0.3) is 0 Å². The summed E-state index contributed by atoms with van der Waals surface area (Å²) in [6.07, 6.45) is 3.57. The summed E-state index contributed by atoms with van der Waals surface area (Å²) in [6, 6.07) is 8.14. The fourth-order valence-corrected chi connectivity index (χ4v) is 4.19. The van der Waals surface area contributed by atoms with E-state index in [0.29, 0.717) is 24.1 Å². The normalized spacial score (nSPS) is 14.6. The number of aromatic nitrogens is 2. The Bertz CT molecular complexity index is 897. The first-order valence-electron chi connectivity index (χ1n) is 9.94. The van der Waals surface area contributed by atoms with Crippen molar-refractivity contribution in [1.29, 1.82) is 0 Å². The quantitative estimate of drug-likeness (QED) is 0.623. The lowest BCUT2D eigenvalue weighted by Crippen LogP contribution is -2.30. The molecule has 0 radical (unpaired) electrons. The molecule has 0 atom stereocenters. The summed E-state index contributed by atoms with van der Waals surface area (Å²) in [5.41, 5.74) is 0. The molecule has 0 amide bonds. The molecule has 0 aliphatic carbocycles. The number of hydrogen-bond acceptors (Lipinski definition) is 7. The maximum absolute atomic E-state index is 12.4. The highest BCUT2D eigenvalue weighted by Gasteiger charge is 2.15. The van der Waals surface area contributed by atoms with E-state index < -0.39 is 10.0 Å². The predicted octanol–water partition coefficient (Wildman–Crippen LogP) is 2.53. The van der Waals surface area contributed by atoms with Crippen molar-refractivity contribution in [3.8, 4) is 11.6 Å². The lowest BCUT2D eigenvalue weighted by molar-refractivity contribution is 0.309. The number of aryl methyl sites for hydroxylation is 1. The number of sulfonamides is 1. The summed E-state index contributed by atoms with van der Waals surface area (Å²) >= 11 is 0. The van der Waals surface area contributed by atoms with Gasteiger partial charge in [0.1, 0.15) is 24.0 Å². The van der Waals surface area contributed by atoms with Crippen LogP contribution in [0.1, 0.15) is 32.0 Å². The third kappa shape index (κ3) is 6.04. The van der Waals surface area contributed by atoms with Crippen LogP contribution in [0.4, 0.5) is 5.82 Å². The van der Waals surface area contributed by atoms with Crippen molar-refractivity contribution in [2.24, 2.45) is 0 Å². The molecule has 0 bridgehead atoms. The lowest BCUT2D eigenvalue weighted by Gasteiger charge is -2.28. The van der Waals surface area contributed by atoms with Crippen LogP contribution in [0.15, 0.2) is 35.2 Å². The van der Waals surface area contributed by atoms with Crippen LogP contribution in [-0.4, -0.2) is 51.2 Å². The second-order valence-electron chi connectivity index (χ2n) is 6.81. The smallest absolute Gasteiger partial charge is 0.240 e. The molecule has 0 spiro atoms. The van der Waals surface area contributed by atoms with Crippen LogP contribution in [0.5, 0.6) is 11.6 Å². The Kier molecular flexibility index (Phi) is 7.27. The zero-order valence-corrected chi connectivity index (χ0v) is 17.7. The highest BCUT2D eigenvalue weighted by atomic mass is 32.2. The van der Waals surface area contributed by atoms with Gasteiger partial charge in [0.05, 0.1) is 11.5 Å². The van der Waals surface area contributed by atoms with Crippen LogP contribution in [0.3, 0.4) is 0 Å². The van der Waals surface area contributed by atoms with Crippen LogP contribution < -0.4 is 19.1 Å². The molecular formula is C20H28N4O4S. The number of nitrogens with one attached hydrogen (secondary N) is 1. The van der Waals surface area contributed by atoms with Gasteiger partial charge < -0.3 is 14.4 Å². The van der Waals surface area contributed by atoms with E-state index in [4.69, 9.17) is 9.47 Å². The van der Waals surface area contributed by atoms with E-state index in [1.807, 2.05) is 19.9 Å². The molecule has 1 saturated heterocycles. The third-order valence-corrected chi connectivity index (χ3v) is 6.05. The number of ether oxygens (including phenoxy) is 2. The number of rotatable bonds is 9. The van der Waals surface area contributed by atoms with Crippen LogP contribution in [0, 0.1) is 6.92 Å². The standard InChI is InChI=1S/C20H28N4O4S/c1-3-27-17-7-9-18(10-8-17)29(25,26)21-11-14-28-20-15-19(22-16(2)23-20)24-12-5-4-6-13-24/h7-10,15,21H,3-6,11-14H2,1-2H3. The van der Waals surface area contributed by atoms with Crippen LogP contribution in [-0.2, 0) is 10.0 Å². The van der Waals surface area contributed by atoms with E-state index in [9.17, 15) is 8.42 Å². The van der Waals surface area contributed by atoms with Gasteiger partial charge in [0, 0.05) is 25.7 Å². The molecule has 0 unspecified atom stereocenters. The van der Waals surface area contributed by atoms with Gasteiger partial charge in [0.2, 0.25) is 15.9 Å². The Morgan fingerprint density at radius 3 is 2.48 bits per heavy atom. The molecule has 3 rings (SSSR count). The van der Waals surface area contributed by atoms with Crippen molar-refractivity contribution in [1.82, 2.24) is 14.7 Å². The minimum Gasteiger partial charge on any atom is -0.494 e. The highest BCUT2D eigenvalue weighted by Crippen LogP contribution is 2.21. The van der Waals surface area contributed by atoms with Crippen LogP contribution in [0.2, 0.25) is 0 Å². The van der Waals surface area contributed by atoms with Crippen molar-refractivity contribution >= 4 is 15.8 Å². The minimum atomic E-state index is -3.61. The summed E-state index contributed by atoms with van der Waals surface area (Å²) in [6.45, 7) is 6.51. The molecular weight excluding hydrogens is 392 g/mol. The van der Waals surface area contributed by atoms with E-state index in [2.05, 4.69) is 19.6 Å². The Hall–Kier alpha value is -2.39. The fourth-order valence-electron chi connectivity index (χ4n) is 3.18. The molecule has 2 heterocycles. The summed E-state index contributed by atoms with van der Waals surface area (Å²) in [4.78, 5) is 11.2. The molecule has 1 N–H and O–H groups in total. The zero-order valence-electron chi connectivity index (χ0n) is 16.9. The molecule has 29 heavy (non-hydrogen) atoms. The Balaban J connectivity index is 1.53. The van der Waals surface area contributed by atoms with Gasteiger partial charge in [-0.25, -0.2) is 18.1 Å². The molecule has 158 valence electrons. The SMILES string of the molecule is CCOc1ccc(S(=O)(=O)NCCOc2cc(N3CCCCC3)nc(C)n2)cc1. The van der Waals surface area contributed by atoms with Crippen molar-refractivity contribution in [2.45, 2.75) is 38.0 Å². The van der Waals surface area contributed by atoms with E-state index in [1.165, 1.54) is 18.6 Å². The summed E-state index contributed by atoms with van der Waals surface area (Å²) in [5.74, 6) is 2.59. The first-order chi connectivity index (χ1) is 14.0. The molecule has 8 nitrogen and oxygen atoms in total. The lowest BCUT2D eigenvalue weighted by atomic mass is 10.1. The molecule has 1 fully saturated rings. The van der Waals surface area contributed by atoms with Gasteiger partial charge in [-0.05, 0) is 57.4 Å². The molecule has 1 aromatic heterocycles. The van der Waals surface area contributed by atoms with Crippen molar-refractivity contribution < 1.29 is 17.9 Å². The van der Waals surface area contributed by atoms with Gasteiger partial charge in [-0.15, -0.1) is 0 Å². The van der Waals surface area contributed by atoms with Gasteiger partial charge >= 0.3 is 0 Å². The van der Waals surface area contributed by atoms with Gasteiger partial charge in [-0.3, -0.25) is 0 Å². The first-order valence-corrected chi connectivity index (χ1v) is 11.4. The summed E-state index contributed by atoms with van der Waals surface area (Å²) in [7, 11) is -3.61. The summed E-state index contributed by atoms with van der Waals surface area (Å²) in [5, 5.41) is 0. The molecule has 9 heteroatoms. The predicted molar refractivity (Wildman–Crippen MR) is 111 cm³/mol. The Labute approximate surface area is 172 Å². The summed E-state index contributed by atoms with van der Waals surface area (Å²) < 4.78 is 38.3. The van der Waals surface area contributed by atoms with Crippen molar-refractivity contribution in [3.05, 3.63) is 36.2 Å². The van der Waals surface area contributed by atoms with Gasteiger partial charge in [0.15, 0.2) is 0 Å². The zero-order chi connectivity index (χ0) is 20.7. The largest absolute Gasteiger partial charge is 0.494 e. The van der Waals surface area contributed by atoms with Crippen molar-refractivity contribution in [3.63, 3.8) is 0 Å². The number of hydrogen-bond donors (Lipinski definition) is 1. The second-order valence-corrected chi connectivity index (χ2v) is 8.58.